The first kappa shape index (κ1) is 20.7. The number of nitrogens with zero attached hydrogens (tertiary/aromatic N) is 3. The van der Waals surface area contributed by atoms with Gasteiger partial charge in [-0.3, -0.25) is 9.69 Å². The van der Waals surface area contributed by atoms with Crippen molar-refractivity contribution in [2.75, 3.05) is 33.9 Å². The van der Waals surface area contributed by atoms with Crippen LogP contribution in [-0.4, -0.2) is 60.8 Å². The molecule has 2 aliphatic rings. The SMILES string of the molecule is COc1cc2c(cc1OC)CN(C1CCCN(C(=O)Cc3c(C)noc3C)C1)CC2. The number of rotatable bonds is 5. The number of ether oxygens (including phenoxy) is 2. The molecule has 0 radical (unpaired) electrons. The van der Waals surface area contributed by atoms with E-state index >= 15 is 0 Å². The fourth-order valence-electron chi connectivity index (χ4n) is 4.71. The first-order valence-corrected chi connectivity index (χ1v) is 10.7. The number of likely N-dealkylation sites (tertiary alicyclic amines) is 1. The molecular weight excluding hydrogens is 382 g/mol. The van der Waals surface area contributed by atoms with Crippen LogP contribution in [0.3, 0.4) is 0 Å². The molecule has 1 aromatic carbocycles. The van der Waals surface area contributed by atoms with Crippen LogP contribution in [0.4, 0.5) is 0 Å². The molecule has 4 rings (SSSR count). The predicted molar refractivity (Wildman–Crippen MR) is 113 cm³/mol. The molecule has 2 aliphatic heterocycles. The molecule has 30 heavy (non-hydrogen) atoms. The van der Waals surface area contributed by atoms with Crippen LogP contribution in [-0.2, 0) is 24.2 Å². The zero-order valence-corrected chi connectivity index (χ0v) is 18.4. The van der Waals surface area contributed by atoms with Gasteiger partial charge in [-0.05, 0) is 56.4 Å². The monoisotopic (exact) mass is 413 g/mol. The average molecular weight is 414 g/mol. The minimum absolute atomic E-state index is 0.165. The number of hydrogen-bond acceptors (Lipinski definition) is 6. The molecule has 1 atom stereocenters. The number of aromatic nitrogens is 1. The summed E-state index contributed by atoms with van der Waals surface area (Å²) in [6, 6.07) is 4.59. The van der Waals surface area contributed by atoms with E-state index in [2.05, 4.69) is 22.2 Å². The maximum atomic E-state index is 13.0. The third-order valence-corrected chi connectivity index (χ3v) is 6.52. The summed E-state index contributed by atoms with van der Waals surface area (Å²) in [6.45, 7) is 7.26. The van der Waals surface area contributed by atoms with Crippen molar-refractivity contribution in [3.8, 4) is 11.5 Å². The van der Waals surface area contributed by atoms with Crippen molar-refractivity contribution < 1.29 is 18.8 Å². The molecule has 7 nitrogen and oxygen atoms in total. The Morgan fingerprint density at radius 2 is 1.90 bits per heavy atom. The van der Waals surface area contributed by atoms with Gasteiger partial charge < -0.3 is 18.9 Å². The average Bonchev–Trinajstić information content (AvgIpc) is 3.09. The third kappa shape index (κ3) is 4.03. The van der Waals surface area contributed by atoms with Gasteiger partial charge in [0.1, 0.15) is 5.76 Å². The van der Waals surface area contributed by atoms with Crippen LogP contribution in [0.15, 0.2) is 16.7 Å². The van der Waals surface area contributed by atoms with E-state index in [-0.39, 0.29) is 5.91 Å². The number of benzene rings is 1. The highest BCUT2D eigenvalue weighted by Gasteiger charge is 2.31. The summed E-state index contributed by atoms with van der Waals surface area (Å²) in [5.74, 6) is 2.47. The van der Waals surface area contributed by atoms with Crippen LogP contribution < -0.4 is 9.47 Å². The Hall–Kier alpha value is -2.54. The Balaban J connectivity index is 1.43. The molecule has 0 spiro atoms. The Bertz CT molecular complexity index is 904. The molecule has 1 amide bonds. The zero-order valence-electron chi connectivity index (χ0n) is 18.4. The van der Waals surface area contributed by atoms with Gasteiger partial charge in [0.15, 0.2) is 11.5 Å². The second-order valence-corrected chi connectivity index (χ2v) is 8.31. The largest absolute Gasteiger partial charge is 0.493 e. The number of carbonyl (C=O) groups is 1. The summed E-state index contributed by atoms with van der Waals surface area (Å²) in [7, 11) is 3.35. The maximum absolute atomic E-state index is 13.0. The molecule has 7 heteroatoms. The van der Waals surface area contributed by atoms with Crippen molar-refractivity contribution in [3.05, 3.63) is 40.3 Å². The van der Waals surface area contributed by atoms with E-state index in [1.165, 1.54) is 11.1 Å². The van der Waals surface area contributed by atoms with E-state index < -0.39 is 0 Å². The van der Waals surface area contributed by atoms with E-state index in [1.807, 2.05) is 18.7 Å². The van der Waals surface area contributed by atoms with Crippen molar-refractivity contribution in [2.24, 2.45) is 0 Å². The molecule has 1 aromatic heterocycles. The van der Waals surface area contributed by atoms with Crippen molar-refractivity contribution >= 4 is 5.91 Å². The number of fused-ring (bicyclic) bond motifs is 1. The van der Waals surface area contributed by atoms with Gasteiger partial charge in [0, 0.05) is 37.8 Å². The Morgan fingerprint density at radius 1 is 1.17 bits per heavy atom. The number of piperidine rings is 1. The topological polar surface area (TPSA) is 68.0 Å². The Kier molecular flexibility index (Phi) is 5.99. The van der Waals surface area contributed by atoms with Gasteiger partial charge in [-0.15, -0.1) is 0 Å². The standard InChI is InChI=1S/C23H31N3O4/c1-15-20(16(2)30-24-15)12-23(27)26-8-5-6-19(14-26)25-9-7-17-10-21(28-3)22(29-4)11-18(17)13-25/h10-11,19H,5-9,12-14H2,1-4H3. The molecule has 0 N–H and O–H groups in total. The van der Waals surface area contributed by atoms with Crippen LogP contribution in [0, 0.1) is 13.8 Å². The first-order chi connectivity index (χ1) is 14.5. The van der Waals surface area contributed by atoms with E-state index in [0.29, 0.717) is 12.5 Å². The summed E-state index contributed by atoms with van der Waals surface area (Å²) in [6.07, 6.45) is 3.51. The number of amides is 1. The highest BCUT2D eigenvalue weighted by atomic mass is 16.5. The molecule has 1 unspecified atom stereocenters. The third-order valence-electron chi connectivity index (χ3n) is 6.52. The highest BCUT2D eigenvalue weighted by Crippen LogP contribution is 2.34. The van der Waals surface area contributed by atoms with Gasteiger partial charge in [-0.2, -0.15) is 0 Å². The maximum Gasteiger partial charge on any atom is 0.227 e. The number of carbonyl (C=O) groups excluding carboxylic acids is 1. The van der Waals surface area contributed by atoms with Crippen LogP contribution >= 0.6 is 0 Å². The molecule has 1 fully saturated rings. The van der Waals surface area contributed by atoms with Gasteiger partial charge >= 0.3 is 0 Å². The summed E-state index contributed by atoms with van der Waals surface area (Å²) in [5.41, 5.74) is 4.35. The lowest BCUT2D eigenvalue weighted by atomic mass is 9.95. The lowest BCUT2D eigenvalue weighted by Crippen LogP contribution is -2.51. The molecule has 0 aliphatic carbocycles. The van der Waals surface area contributed by atoms with E-state index in [0.717, 1.165) is 74.0 Å². The summed E-state index contributed by atoms with van der Waals surface area (Å²) < 4.78 is 16.2. The lowest BCUT2D eigenvalue weighted by molar-refractivity contribution is -0.132. The second-order valence-electron chi connectivity index (χ2n) is 8.31. The fraction of sp³-hybridized carbons (Fsp3) is 0.565. The minimum atomic E-state index is 0.165. The zero-order chi connectivity index (χ0) is 21.3. The van der Waals surface area contributed by atoms with Gasteiger partial charge in [0.25, 0.3) is 0 Å². The molecule has 0 saturated carbocycles. The number of methoxy groups -OCH3 is 2. The van der Waals surface area contributed by atoms with Crippen molar-refractivity contribution in [3.63, 3.8) is 0 Å². The minimum Gasteiger partial charge on any atom is -0.493 e. The van der Waals surface area contributed by atoms with Gasteiger partial charge in [-0.25, -0.2) is 0 Å². The Morgan fingerprint density at radius 3 is 2.57 bits per heavy atom. The molecule has 3 heterocycles. The van der Waals surface area contributed by atoms with Crippen molar-refractivity contribution in [2.45, 2.75) is 52.1 Å². The molecule has 1 saturated heterocycles. The van der Waals surface area contributed by atoms with Crippen molar-refractivity contribution in [1.29, 1.82) is 0 Å². The van der Waals surface area contributed by atoms with E-state index in [1.54, 1.807) is 14.2 Å². The lowest BCUT2D eigenvalue weighted by Gasteiger charge is -2.41. The smallest absolute Gasteiger partial charge is 0.227 e. The molecule has 0 bridgehead atoms. The van der Waals surface area contributed by atoms with Gasteiger partial charge in [-0.1, -0.05) is 5.16 Å². The molecule has 162 valence electrons. The van der Waals surface area contributed by atoms with Crippen LogP contribution in [0.25, 0.3) is 0 Å². The molecular formula is C23H31N3O4. The van der Waals surface area contributed by atoms with Crippen molar-refractivity contribution in [1.82, 2.24) is 15.0 Å². The fourth-order valence-corrected chi connectivity index (χ4v) is 4.71. The summed E-state index contributed by atoms with van der Waals surface area (Å²) in [5, 5.41) is 3.98. The second kappa shape index (κ2) is 8.68. The summed E-state index contributed by atoms with van der Waals surface area (Å²) in [4.78, 5) is 17.5. The van der Waals surface area contributed by atoms with Gasteiger partial charge in [0.05, 0.1) is 26.3 Å². The van der Waals surface area contributed by atoms with E-state index in [9.17, 15) is 4.79 Å². The van der Waals surface area contributed by atoms with Gasteiger partial charge in [0.2, 0.25) is 5.91 Å². The number of hydrogen-bond donors (Lipinski definition) is 0. The highest BCUT2D eigenvalue weighted by molar-refractivity contribution is 5.79. The Labute approximate surface area is 177 Å². The van der Waals surface area contributed by atoms with Crippen LogP contribution in [0.1, 0.15) is 41.0 Å². The van der Waals surface area contributed by atoms with Crippen LogP contribution in [0.2, 0.25) is 0 Å². The van der Waals surface area contributed by atoms with E-state index in [4.69, 9.17) is 14.0 Å². The van der Waals surface area contributed by atoms with Crippen LogP contribution in [0.5, 0.6) is 11.5 Å². The normalized spacial score (nSPS) is 19.5. The first-order valence-electron chi connectivity index (χ1n) is 10.7. The predicted octanol–water partition coefficient (Wildman–Crippen LogP) is 2.90. The summed E-state index contributed by atoms with van der Waals surface area (Å²) >= 11 is 0. The quantitative estimate of drug-likeness (QED) is 0.751. The molecule has 2 aromatic rings. The number of aryl methyl sites for hydroxylation is 2.